The van der Waals surface area contributed by atoms with E-state index in [1.165, 1.54) is 0 Å². The molecular formula is C24H27BrN2O5. The van der Waals surface area contributed by atoms with Crippen molar-refractivity contribution in [1.29, 1.82) is 0 Å². The fourth-order valence-corrected chi connectivity index (χ4v) is 4.32. The molecule has 1 aliphatic heterocycles. The van der Waals surface area contributed by atoms with Gasteiger partial charge in [-0.05, 0) is 75.2 Å². The number of halogens is 1. The van der Waals surface area contributed by atoms with E-state index in [-0.39, 0.29) is 25.0 Å². The van der Waals surface area contributed by atoms with E-state index >= 15 is 0 Å². The van der Waals surface area contributed by atoms with Crippen LogP contribution in [0, 0.1) is 19.8 Å². The number of hydrogen-bond donors (Lipinski definition) is 1. The van der Waals surface area contributed by atoms with Crippen LogP contribution in [0.2, 0.25) is 0 Å². The summed E-state index contributed by atoms with van der Waals surface area (Å²) in [6.07, 6.45) is 0.109. The van der Waals surface area contributed by atoms with Crippen molar-refractivity contribution in [2.24, 2.45) is 5.92 Å². The summed E-state index contributed by atoms with van der Waals surface area (Å²) < 4.78 is 11.7. The van der Waals surface area contributed by atoms with Gasteiger partial charge in [0.25, 0.3) is 5.91 Å². The van der Waals surface area contributed by atoms with Crippen molar-refractivity contribution in [3.8, 4) is 5.75 Å². The SMILES string of the molecule is Cc1cc(Br)cc(C)c1NC(=O)COC(=O)[C@H]1CC(=O)N(c2ccc(OC(C)C)cc2)C1. The van der Waals surface area contributed by atoms with Crippen LogP contribution in [-0.2, 0) is 19.1 Å². The van der Waals surface area contributed by atoms with Gasteiger partial charge in [0.05, 0.1) is 12.0 Å². The van der Waals surface area contributed by atoms with Crippen molar-refractivity contribution in [3.05, 3.63) is 52.0 Å². The number of anilines is 2. The Hall–Kier alpha value is -2.87. The lowest BCUT2D eigenvalue weighted by atomic mass is 10.1. The predicted molar refractivity (Wildman–Crippen MR) is 126 cm³/mol. The summed E-state index contributed by atoms with van der Waals surface area (Å²) >= 11 is 3.42. The van der Waals surface area contributed by atoms with Crippen LogP contribution < -0.4 is 15.0 Å². The van der Waals surface area contributed by atoms with E-state index < -0.39 is 24.4 Å². The number of amides is 2. The van der Waals surface area contributed by atoms with Crippen molar-refractivity contribution in [2.75, 3.05) is 23.4 Å². The first kappa shape index (κ1) is 23.8. The van der Waals surface area contributed by atoms with E-state index in [1.807, 2.05) is 39.8 Å². The summed E-state index contributed by atoms with van der Waals surface area (Å²) in [7, 11) is 0. The number of carbonyl (C=O) groups excluding carboxylic acids is 3. The fraction of sp³-hybridized carbons (Fsp3) is 0.375. The lowest BCUT2D eigenvalue weighted by Crippen LogP contribution is -2.28. The average Bonchev–Trinajstić information content (AvgIpc) is 3.11. The zero-order valence-corrected chi connectivity index (χ0v) is 20.2. The highest BCUT2D eigenvalue weighted by atomic mass is 79.9. The highest BCUT2D eigenvalue weighted by molar-refractivity contribution is 9.10. The molecule has 7 nitrogen and oxygen atoms in total. The minimum absolute atomic E-state index is 0.0512. The Labute approximate surface area is 196 Å². The van der Waals surface area contributed by atoms with E-state index in [9.17, 15) is 14.4 Å². The van der Waals surface area contributed by atoms with Crippen molar-refractivity contribution in [3.63, 3.8) is 0 Å². The number of aryl methyl sites for hydroxylation is 2. The second-order valence-corrected chi connectivity index (χ2v) is 9.05. The van der Waals surface area contributed by atoms with Gasteiger partial charge in [-0.2, -0.15) is 0 Å². The first-order valence-corrected chi connectivity index (χ1v) is 11.2. The normalized spacial score (nSPS) is 15.8. The maximum absolute atomic E-state index is 12.5. The van der Waals surface area contributed by atoms with Gasteiger partial charge in [0.1, 0.15) is 5.75 Å². The zero-order chi connectivity index (χ0) is 23.4. The van der Waals surface area contributed by atoms with Gasteiger partial charge in [-0.25, -0.2) is 0 Å². The maximum Gasteiger partial charge on any atom is 0.311 e. The molecular weight excluding hydrogens is 476 g/mol. The smallest absolute Gasteiger partial charge is 0.311 e. The van der Waals surface area contributed by atoms with Gasteiger partial charge in [-0.1, -0.05) is 15.9 Å². The van der Waals surface area contributed by atoms with Crippen LogP contribution in [0.3, 0.4) is 0 Å². The third kappa shape index (κ3) is 5.88. The molecule has 2 aromatic rings. The quantitative estimate of drug-likeness (QED) is 0.567. The van der Waals surface area contributed by atoms with E-state index in [4.69, 9.17) is 9.47 Å². The van der Waals surface area contributed by atoms with Crippen LogP contribution in [0.15, 0.2) is 40.9 Å². The lowest BCUT2D eigenvalue weighted by molar-refractivity contribution is -0.151. The number of nitrogens with zero attached hydrogens (tertiary/aromatic N) is 1. The molecule has 3 rings (SSSR count). The zero-order valence-electron chi connectivity index (χ0n) is 18.6. The van der Waals surface area contributed by atoms with E-state index in [0.717, 1.165) is 15.6 Å². The molecule has 0 saturated carbocycles. The Balaban J connectivity index is 1.54. The second-order valence-electron chi connectivity index (χ2n) is 8.14. The Kier molecular flexibility index (Phi) is 7.56. The minimum atomic E-state index is -0.613. The summed E-state index contributed by atoms with van der Waals surface area (Å²) in [5, 5.41) is 2.79. The standard InChI is InChI=1S/C24H27BrN2O5/c1-14(2)32-20-7-5-19(6-8-20)27-12-17(11-22(27)29)24(30)31-13-21(28)26-23-15(3)9-18(25)10-16(23)4/h5-10,14,17H,11-13H2,1-4H3,(H,26,28)/t17-/m0/s1. The summed E-state index contributed by atoms with van der Waals surface area (Å²) in [4.78, 5) is 38.8. The van der Waals surface area contributed by atoms with Gasteiger partial charge < -0.3 is 19.7 Å². The van der Waals surface area contributed by atoms with Crippen LogP contribution >= 0.6 is 15.9 Å². The molecule has 0 bridgehead atoms. The van der Waals surface area contributed by atoms with Crippen LogP contribution in [0.25, 0.3) is 0 Å². The minimum Gasteiger partial charge on any atom is -0.491 e. The first-order chi connectivity index (χ1) is 15.1. The molecule has 1 fully saturated rings. The van der Waals surface area contributed by atoms with E-state index in [1.54, 1.807) is 29.2 Å². The number of rotatable bonds is 7. The molecule has 0 unspecified atom stereocenters. The third-order valence-corrected chi connectivity index (χ3v) is 5.54. The molecule has 0 aromatic heterocycles. The molecule has 0 aliphatic carbocycles. The van der Waals surface area contributed by atoms with Crippen molar-refractivity contribution >= 4 is 45.1 Å². The monoisotopic (exact) mass is 502 g/mol. The molecule has 8 heteroatoms. The summed E-state index contributed by atoms with van der Waals surface area (Å²) in [5.74, 6) is -1.03. The molecule has 1 atom stereocenters. The molecule has 170 valence electrons. The Morgan fingerprint density at radius 3 is 2.38 bits per heavy atom. The number of esters is 1. The topological polar surface area (TPSA) is 84.9 Å². The number of hydrogen-bond acceptors (Lipinski definition) is 5. The molecule has 0 spiro atoms. The summed E-state index contributed by atoms with van der Waals surface area (Å²) in [6.45, 7) is 7.47. The number of nitrogens with one attached hydrogen (secondary N) is 1. The molecule has 1 N–H and O–H groups in total. The highest BCUT2D eigenvalue weighted by Crippen LogP contribution is 2.28. The number of ether oxygens (including phenoxy) is 2. The van der Waals surface area contributed by atoms with Crippen LogP contribution in [0.4, 0.5) is 11.4 Å². The molecule has 1 heterocycles. The summed E-state index contributed by atoms with van der Waals surface area (Å²) in [5.41, 5.74) is 3.19. The van der Waals surface area contributed by atoms with Gasteiger partial charge in [0.15, 0.2) is 6.61 Å². The first-order valence-electron chi connectivity index (χ1n) is 10.4. The third-order valence-electron chi connectivity index (χ3n) is 5.09. The average molecular weight is 503 g/mol. The van der Waals surface area contributed by atoms with Gasteiger partial charge in [0.2, 0.25) is 5.91 Å². The second kappa shape index (κ2) is 10.2. The van der Waals surface area contributed by atoms with Crippen molar-refractivity contribution < 1.29 is 23.9 Å². The highest BCUT2D eigenvalue weighted by Gasteiger charge is 2.36. The largest absolute Gasteiger partial charge is 0.491 e. The molecule has 0 radical (unpaired) electrons. The van der Waals surface area contributed by atoms with Gasteiger partial charge in [0, 0.05) is 28.8 Å². The van der Waals surface area contributed by atoms with Crippen LogP contribution in [0.5, 0.6) is 5.75 Å². The molecule has 2 aromatic carbocycles. The fourth-order valence-electron chi connectivity index (χ4n) is 3.63. The molecule has 1 saturated heterocycles. The maximum atomic E-state index is 12.5. The van der Waals surface area contributed by atoms with Crippen LogP contribution in [-0.4, -0.2) is 37.0 Å². The van der Waals surface area contributed by atoms with Gasteiger partial charge >= 0.3 is 5.97 Å². The summed E-state index contributed by atoms with van der Waals surface area (Å²) in [6, 6.07) is 11.0. The Morgan fingerprint density at radius 1 is 1.16 bits per heavy atom. The Bertz CT molecular complexity index is 997. The lowest BCUT2D eigenvalue weighted by Gasteiger charge is -2.17. The molecule has 1 aliphatic rings. The van der Waals surface area contributed by atoms with Crippen molar-refractivity contribution in [2.45, 2.75) is 40.2 Å². The van der Waals surface area contributed by atoms with Crippen molar-refractivity contribution in [1.82, 2.24) is 0 Å². The Morgan fingerprint density at radius 2 is 1.78 bits per heavy atom. The molecule has 32 heavy (non-hydrogen) atoms. The van der Waals surface area contributed by atoms with E-state index in [2.05, 4.69) is 21.2 Å². The molecule has 2 amide bonds. The van der Waals surface area contributed by atoms with Gasteiger partial charge in [-0.15, -0.1) is 0 Å². The van der Waals surface area contributed by atoms with Crippen LogP contribution in [0.1, 0.15) is 31.4 Å². The van der Waals surface area contributed by atoms with E-state index in [0.29, 0.717) is 17.1 Å². The number of benzene rings is 2. The number of carbonyl (C=O) groups is 3. The predicted octanol–water partition coefficient (Wildman–Crippen LogP) is 4.39. The van der Waals surface area contributed by atoms with Gasteiger partial charge in [-0.3, -0.25) is 14.4 Å².